The minimum absolute atomic E-state index is 0.0211. The van der Waals surface area contributed by atoms with Gasteiger partial charge in [0, 0.05) is 12.8 Å². The predicted octanol–water partition coefficient (Wildman–Crippen LogP) is 4.72. The van der Waals surface area contributed by atoms with Crippen molar-refractivity contribution in [1.82, 2.24) is 10.3 Å². The van der Waals surface area contributed by atoms with E-state index in [9.17, 15) is 4.79 Å². The van der Waals surface area contributed by atoms with E-state index in [0.717, 1.165) is 10.5 Å². The number of hydrogen-bond donors (Lipinski definition) is 1. The molecule has 0 aliphatic carbocycles. The van der Waals surface area contributed by atoms with Crippen molar-refractivity contribution in [3.63, 3.8) is 0 Å². The Morgan fingerprint density at radius 3 is 2.79 bits per heavy atom. The summed E-state index contributed by atoms with van der Waals surface area (Å²) >= 11 is 1.67. The smallest absolute Gasteiger partial charge is 0.220 e. The van der Waals surface area contributed by atoms with Crippen molar-refractivity contribution in [3.8, 4) is 0 Å². The van der Waals surface area contributed by atoms with E-state index < -0.39 is 0 Å². The van der Waals surface area contributed by atoms with Crippen LogP contribution in [0.3, 0.4) is 0 Å². The minimum atomic E-state index is 0.0211. The molecule has 0 radical (unpaired) electrons. The molecule has 0 spiro atoms. The number of amides is 1. The molecule has 0 aliphatic heterocycles. The standard InChI is InChI=1S/C20H22N2OS/c1-13-8-9-14(2)16(12-13)15(3)21-19(23)10-11-20-22-17-6-4-5-7-18(17)24-20/h4-9,12,15H,10-11H2,1-3H3,(H,21,23)/t15-/m1/s1. The molecule has 2 aromatic carbocycles. The summed E-state index contributed by atoms with van der Waals surface area (Å²) in [5.41, 5.74) is 4.62. The van der Waals surface area contributed by atoms with Gasteiger partial charge in [0.1, 0.15) is 0 Å². The Hall–Kier alpha value is -2.20. The molecule has 3 nitrogen and oxygen atoms in total. The fourth-order valence-corrected chi connectivity index (χ4v) is 3.83. The minimum Gasteiger partial charge on any atom is -0.350 e. The van der Waals surface area contributed by atoms with E-state index >= 15 is 0 Å². The van der Waals surface area contributed by atoms with Crippen LogP contribution in [0.2, 0.25) is 0 Å². The summed E-state index contributed by atoms with van der Waals surface area (Å²) in [5.74, 6) is 0.0719. The average molecular weight is 338 g/mol. The van der Waals surface area contributed by atoms with Crippen LogP contribution in [0.5, 0.6) is 0 Å². The summed E-state index contributed by atoms with van der Waals surface area (Å²) in [6.45, 7) is 6.19. The van der Waals surface area contributed by atoms with Crippen molar-refractivity contribution < 1.29 is 4.79 Å². The lowest BCUT2D eigenvalue weighted by Gasteiger charge is -2.17. The fraction of sp³-hybridized carbons (Fsp3) is 0.300. The van der Waals surface area contributed by atoms with Gasteiger partial charge in [-0.1, -0.05) is 35.9 Å². The van der Waals surface area contributed by atoms with E-state index in [1.807, 2.05) is 25.1 Å². The van der Waals surface area contributed by atoms with Crippen molar-refractivity contribution in [3.05, 3.63) is 64.2 Å². The number of rotatable bonds is 5. The lowest BCUT2D eigenvalue weighted by molar-refractivity contribution is -0.121. The van der Waals surface area contributed by atoms with Gasteiger partial charge in [0.05, 0.1) is 21.3 Å². The molecule has 1 N–H and O–H groups in total. The molecule has 24 heavy (non-hydrogen) atoms. The van der Waals surface area contributed by atoms with E-state index in [2.05, 4.69) is 48.4 Å². The zero-order chi connectivity index (χ0) is 17.1. The van der Waals surface area contributed by atoms with E-state index in [1.54, 1.807) is 11.3 Å². The summed E-state index contributed by atoms with van der Waals surface area (Å²) in [4.78, 5) is 16.9. The Labute approximate surface area is 146 Å². The molecule has 124 valence electrons. The zero-order valence-corrected chi connectivity index (χ0v) is 15.1. The molecule has 1 amide bonds. The van der Waals surface area contributed by atoms with Crippen LogP contribution in [-0.4, -0.2) is 10.9 Å². The highest BCUT2D eigenvalue weighted by atomic mass is 32.1. The lowest BCUT2D eigenvalue weighted by atomic mass is 10.00. The summed E-state index contributed by atoms with van der Waals surface area (Å²) in [6.07, 6.45) is 1.15. The van der Waals surface area contributed by atoms with Crippen LogP contribution in [0.15, 0.2) is 42.5 Å². The maximum atomic E-state index is 12.3. The van der Waals surface area contributed by atoms with Crippen molar-refractivity contribution in [1.29, 1.82) is 0 Å². The number of para-hydroxylation sites is 1. The summed E-state index contributed by atoms with van der Waals surface area (Å²) in [7, 11) is 0. The monoisotopic (exact) mass is 338 g/mol. The fourth-order valence-electron chi connectivity index (χ4n) is 2.87. The highest BCUT2D eigenvalue weighted by molar-refractivity contribution is 7.18. The van der Waals surface area contributed by atoms with Crippen molar-refractivity contribution in [2.45, 2.75) is 39.7 Å². The number of nitrogens with zero attached hydrogens (tertiary/aromatic N) is 1. The van der Waals surface area contributed by atoms with Crippen LogP contribution >= 0.6 is 11.3 Å². The first-order chi connectivity index (χ1) is 11.5. The maximum Gasteiger partial charge on any atom is 0.220 e. The first-order valence-corrected chi connectivity index (χ1v) is 9.05. The second kappa shape index (κ2) is 7.14. The van der Waals surface area contributed by atoms with Crippen LogP contribution in [0.4, 0.5) is 0 Å². The molecule has 3 rings (SSSR count). The van der Waals surface area contributed by atoms with Crippen LogP contribution in [0, 0.1) is 13.8 Å². The number of carbonyl (C=O) groups is 1. The summed E-state index contributed by atoms with van der Waals surface area (Å²) in [5, 5.41) is 4.13. The van der Waals surface area contributed by atoms with Gasteiger partial charge in [-0.3, -0.25) is 4.79 Å². The Kier molecular flexibility index (Phi) is 4.95. The summed E-state index contributed by atoms with van der Waals surface area (Å²) < 4.78 is 1.18. The first kappa shape index (κ1) is 16.7. The zero-order valence-electron chi connectivity index (χ0n) is 14.3. The third-order valence-electron chi connectivity index (χ3n) is 4.18. The van der Waals surface area contributed by atoms with E-state index in [1.165, 1.54) is 21.4 Å². The van der Waals surface area contributed by atoms with Crippen LogP contribution in [-0.2, 0) is 11.2 Å². The quantitative estimate of drug-likeness (QED) is 0.731. The van der Waals surface area contributed by atoms with Gasteiger partial charge < -0.3 is 5.32 Å². The van der Waals surface area contributed by atoms with Gasteiger partial charge in [0.2, 0.25) is 5.91 Å². The number of fused-ring (bicyclic) bond motifs is 1. The molecule has 0 aliphatic rings. The Morgan fingerprint density at radius 2 is 2.00 bits per heavy atom. The Morgan fingerprint density at radius 1 is 1.21 bits per heavy atom. The van der Waals surface area contributed by atoms with E-state index in [0.29, 0.717) is 12.8 Å². The van der Waals surface area contributed by atoms with Gasteiger partial charge in [-0.2, -0.15) is 0 Å². The van der Waals surface area contributed by atoms with Crippen LogP contribution in [0.25, 0.3) is 10.2 Å². The van der Waals surface area contributed by atoms with Gasteiger partial charge in [-0.25, -0.2) is 4.98 Å². The topological polar surface area (TPSA) is 42.0 Å². The SMILES string of the molecule is Cc1ccc(C)c([C@@H](C)NC(=O)CCc2nc3ccccc3s2)c1. The van der Waals surface area contributed by atoms with E-state index in [-0.39, 0.29) is 11.9 Å². The second-order valence-corrected chi connectivity index (χ2v) is 7.34. The highest BCUT2D eigenvalue weighted by Crippen LogP contribution is 2.23. The molecule has 1 aromatic heterocycles. The number of carbonyl (C=O) groups excluding carboxylic acids is 1. The number of thiazole rings is 1. The number of aromatic nitrogens is 1. The van der Waals surface area contributed by atoms with Crippen molar-refractivity contribution >= 4 is 27.5 Å². The molecular weight excluding hydrogens is 316 g/mol. The first-order valence-electron chi connectivity index (χ1n) is 8.24. The number of benzene rings is 2. The molecule has 3 aromatic rings. The van der Waals surface area contributed by atoms with Crippen LogP contribution < -0.4 is 5.32 Å². The molecule has 1 heterocycles. The Balaban J connectivity index is 1.60. The highest BCUT2D eigenvalue weighted by Gasteiger charge is 2.13. The number of hydrogen-bond acceptors (Lipinski definition) is 3. The molecule has 1 atom stereocenters. The van der Waals surface area contributed by atoms with Gasteiger partial charge in [0.15, 0.2) is 0 Å². The van der Waals surface area contributed by atoms with Gasteiger partial charge >= 0.3 is 0 Å². The van der Waals surface area contributed by atoms with Gasteiger partial charge in [-0.05, 0) is 44.0 Å². The molecule has 0 saturated carbocycles. The van der Waals surface area contributed by atoms with Crippen molar-refractivity contribution in [2.24, 2.45) is 0 Å². The molecule has 0 unspecified atom stereocenters. The molecule has 4 heteroatoms. The second-order valence-electron chi connectivity index (χ2n) is 6.22. The third-order valence-corrected chi connectivity index (χ3v) is 5.28. The van der Waals surface area contributed by atoms with Gasteiger partial charge in [0.25, 0.3) is 0 Å². The lowest BCUT2D eigenvalue weighted by Crippen LogP contribution is -2.27. The molecular formula is C20H22N2OS. The number of nitrogens with one attached hydrogen (secondary N) is 1. The van der Waals surface area contributed by atoms with E-state index in [4.69, 9.17) is 0 Å². The molecule has 0 fully saturated rings. The average Bonchev–Trinajstić information content (AvgIpc) is 2.98. The molecule has 0 saturated heterocycles. The van der Waals surface area contributed by atoms with Gasteiger partial charge in [-0.15, -0.1) is 11.3 Å². The van der Waals surface area contributed by atoms with Crippen LogP contribution in [0.1, 0.15) is 41.1 Å². The summed E-state index contributed by atoms with van der Waals surface area (Å²) in [6, 6.07) is 14.5. The molecule has 0 bridgehead atoms. The van der Waals surface area contributed by atoms with Crippen molar-refractivity contribution in [2.75, 3.05) is 0 Å². The largest absolute Gasteiger partial charge is 0.350 e. The number of aryl methyl sites for hydroxylation is 3. The normalized spacial score (nSPS) is 12.3. The maximum absolute atomic E-state index is 12.3. The third kappa shape index (κ3) is 3.82. The predicted molar refractivity (Wildman–Crippen MR) is 100 cm³/mol. The Bertz CT molecular complexity index is 836.